The number of nitrogens with zero attached hydrogens (tertiary/aromatic N) is 1. The number of ether oxygens (including phenoxy) is 1. The van der Waals surface area contributed by atoms with Gasteiger partial charge in [-0.15, -0.1) is 0 Å². The molecule has 0 aromatic carbocycles. The van der Waals surface area contributed by atoms with Crippen molar-refractivity contribution in [2.75, 3.05) is 7.11 Å². The molecule has 1 heterocycles. The highest BCUT2D eigenvalue weighted by atomic mass is 16.5. The van der Waals surface area contributed by atoms with Crippen LogP contribution in [0.15, 0.2) is 24.5 Å². The van der Waals surface area contributed by atoms with Gasteiger partial charge in [-0.1, -0.05) is 0 Å². The van der Waals surface area contributed by atoms with E-state index in [1.165, 1.54) is 12.4 Å². The Balaban J connectivity index is 2.74. The highest BCUT2D eigenvalue weighted by Gasteiger charge is 2.25. The van der Waals surface area contributed by atoms with Crippen LogP contribution in [0.3, 0.4) is 0 Å². The summed E-state index contributed by atoms with van der Waals surface area (Å²) in [4.78, 5) is 37.6. The minimum Gasteiger partial charge on any atom is -0.481 e. The van der Waals surface area contributed by atoms with Gasteiger partial charge in [0.05, 0.1) is 19.4 Å². The summed E-state index contributed by atoms with van der Waals surface area (Å²) in [5, 5.41) is 8.68. The van der Waals surface area contributed by atoms with Crippen LogP contribution in [0.5, 0.6) is 0 Å². The van der Waals surface area contributed by atoms with Crippen LogP contribution in [0.25, 0.3) is 0 Å². The number of Topliss-reactive ketones (excluding diaryl/α,β-unsaturated/α-hetero) is 1. The zero-order chi connectivity index (χ0) is 13.5. The molecule has 0 radical (unpaired) electrons. The van der Waals surface area contributed by atoms with Crippen molar-refractivity contribution >= 4 is 17.7 Å². The van der Waals surface area contributed by atoms with Crippen molar-refractivity contribution in [3.8, 4) is 0 Å². The molecule has 0 amide bonds. The summed E-state index contributed by atoms with van der Waals surface area (Å²) < 4.78 is 4.48. The monoisotopic (exact) mass is 251 g/mol. The fourth-order valence-corrected chi connectivity index (χ4v) is 1.49. The summed E-state index contributed by atoms with van der Waals surface area (Å²) >= 11 is 0. The van der Waals surface area contributed by atoms with Crippen LogP contribution in [0.1, 0.15) is 23.2 Å². The second kappa shape index (κ2) is 6.48. The molecule has 0 aliphatic rings. The first-order valence-corrected chi connectivity index (χ1v) is 5.27. The Morgan fingerprint density at radius 2 is 2.11 bits per heavy atom. The Morgan fingerprint density at radius 3 is 2.61 bits per heavy atom. The number of carboxylic acid groups (broad SMARTS) is 1. The van der Waals surface area contributed by atoms with E-state index in [9.17, 15) is 14.4 Å². The smallest absolute Gasteiger partial charge is 0.309 e. The minimum atomic E-state index is -1.15. The van der Waals surface area contributed by atoms with Crippen molar-refractivity contribution < 1.29 is 24.2 Å². The molecule has 1 aromatic heterocycles. The second-order valence-electron chi connectivity index (χ2n) is 3.69. The van der Waals surface area contributed by atoms with E-state index in [4.69, 9.17) is 5.11 Å². The first-order valence-electron chi connectivity index (χ1n) is 5.27. The van der Waals surface area contributed by atoms with Gasteiger partial charge < -0.3 is 9.84 Å². The van der Waals surface area contributed by atoms with Gasteiger partial charge in [0, 0.05) is 24.4 Å². The van der Waals surface area contributed by atoms with E-state index in [0.29, 0.717) is 5.56 Å². The molecule has 0 spiro atoms. The highest BCUT2D eigenvalue weighted by molar-refractivity contribution is 5.98. The standard InChI is InChI=1S/C12H13NO5/c1-18-12(17)9(6-11(15)16)5-10(14)8-3-2-4-13-7-8/h2-4,7,9H,5-6H2,1H3,(H,15,16)/t9-/m0/s1. The number of carboxylic acids is 1. The summed E-state index contributed by atoms with van der Waals surface area (Å²) in [5.74, 6) is -3.15. The Labute approximate surface area is 104 Å². The Hall–Kier alpha value is -2.24. The lowest BCUT2D eigenvalue weighted by atomic mass is 9.96. The highest BCUT2D eigenvalue weighted by Crippen LogP contribution is 2.15. The number of aromatic nitrogens is 1. The molecule has 0 aliphatic carbocycles. The Morgan fingerprint density at radius 1 is 1.39 bits per heavy atom. The van der Waals surface area contributed by atoms with E-state index in [1.54, 1.807) is 12.1 Å². The molecule has 0 bridgehead atoms. The third-order valence-corrected chi connectivity index (χ3v) is 2.37. The number of carbonyl (C=O) groups excluding carboxylic acids is 2. The molecule has 6 heteroatoms. The van der Waals surface area contributed by atoms with Gasteiger partial charge in [0.2, 0.25) is 0 Å². The first-order chi connectivity index (χ1) is 8.54. The number of ketones is 1. The lowest BCUT2D eigenvalue weighted by Gasteiger charge is -2.11. The normalized spacial score (nSPS) is 11.6. The Bertz CT molecular complexity index is 443. The maximum Gasteiger partial charge on any atom is 0.309 e. The average Bonchev–Trinajstić information content (AvgIpc) is 2.37. The SMILES string of the molecule is COC(=O)[C@H](CC(=O)O)CC(=O)c1cccnc1. The van der Waals surface area contributed by atoms with E-state index >= 15 is 0 Å². The van der Waals surface area contributed by atoms with Crippen molar-refractivity contribution in [1.82, 2.24) is 4.98 Å². The van der Waals surface area contributed by atoms with Crippen LogP contribution in [-0.4, -0.2) is 34.9 Å². The van der Waals surface area contributed by atoms with Crippen LogP contribution in [0.4, 0.5) is 0 Å². The van der Waals surface area contributed by atoms with E-state index in [1.807, 2.05) is 0 Å². The lowest BCUT2D eigenvalue weighted by molar-refractivity contribution is -0.150. The van der Waals surface area contributed by atoms with Crippen molar-refractivity contribution in [3.63, 3.8) is 0 Å². The second-order valence-corrected chi connectivity index (χ2v) is 3.69. The number of aliphatic carboxylic acids is 1. The molecule has 0 fully saturated rings. The number of hydrogen-bond acceptors (Lipinski definition) is 5. The zero-order valence-corrected chi connectivity index (χ0v) is 9.83. The summed E-state index contributed by atoms with van der Waals surface area (Å²) in [7, 11) is 1.16. The molecule has 0 unspecified atom stereocenters. The predicted molar refractivity (Wildman–Crippen MR) is 60.9 cm³/mol. The molecule has 6 nitrogen and oxygen atoms in total. The molecule has 1 N–H and O–H groups in total. The number of esters is 1. The molecule has 1 aromatic rings. The van der Waals surface area contributed by atoms with Crippen LogP contribution >= 0.6 is 0 Å². The molecule has 1 rings (SSSR count). The van der Waals surface area contributed by atoms with E-state index in [2.05, 4.69) is 9.72 Å². The summed E-state index contributed by atoms with van der Waals surface area (Å²) in [6.45, 7) is 0. The fourth-order valence-electron chi connectivity index (χ4n) is 1.49. The van der Waals surface area contributed by atoms with Gasteiger partial charge in [-0.3, -0.25) is 19.4 Å². The third-order valence-electron chi connectivity index (χ3n) is 2.37. The fraction of sp³-hybridized carbons (Fsp3) is 0.333. The van der Waals surface area contributed by atoms with Crippen LogP contribution in [0.2, 0.25) is 0 Å². The predicted octanol–water partition coefficient (Wildman–Crippen LogP) is 0.918. The molecule has 96 valence electrons. The topological polar surface area (TPSA) is 93.6 Å². The minimum absolute atomic E-state index is 0.204. The van der Waals surface area contributed by atoms with Gasteiger partial charge >= 0.3 is 11.9 Å². The summed E-state index contributed by atoms with van der Waals surface area (Å²) in [6, 6.07) is 3.15. The molecule has 0 aliphatic heterocycles. The van der Waals surface area contributed by atoms with Crippen LogP contribution in [0, 0.1) is 5.92 Å². The van der Waals surface area contributed by atoms with Gasteiger partial charge in [-0.25, -0.2) is 0 Å². The quantitative estimate of drug-likeness (QED) is 0.596. The van der Waals surface area contributed by atoms with E-state index in [-0.39, 0.29) is 12.2 Å². The zero-order valence-electron chi connectivity index (χ0n) is 9.83. The lowest BCUT2D eigenvalue weighted by Crippen LogP contribution is -2.23. The molecular formula is C12H13NO5. The summed E-state index contributed by atoms with van der Waals surface area (Å²) in [5.41, 5.74) is 0.344. The number of rotatable bonds is 6. The number of carbonyl (C=O) groups is 3. The van der Waals surface area contributed by atoms with Crippen molar-refractivity contribution in [2.45, 2.75) is 12.8 Å². The van der Waals surface area contributed by atoms with Gasteiger partial charge in [0.15, 0.2) is 5.78 Å². The van der Waals surface area contributed by atoms with Gasteiger partial charge in [0.25, 0.3) is 0 Å². The molecule has 0 saturated carbocycles. The summed E-state index contributed by atoms with van der Waals surface area (Å²) in [6.07, 6.45) is 2.26. The maximum absolute atomic E-state index is 11.8. The molecule has 0 saturated heterocycles. The molecular weight excluding hydrogens is 238 g/mol. The molecule has 1 atom stereocenters. The van der Waals surface area contributed by atoms with Crippen molar-refractivity contribution in [2.24, 2.45) is 5.92 Å². The van der Waals surface area contributed by atoms with Crippen molar-refractivity contribution in [1.29, 1.82) is 0 Å². The Kier molecular flexibility index (Phi) is 4.98. The largest absolute Gasteiger partial charge is 0.481 e. The average molecular weight is 251 g/mol. The number of methoxy groups -OCH3 is 1. The van der Waals surface area contributed by atoms with Crippen LogP contribution < -0.4 is 0 Å². The van der Waals surface area contributed by atoms with Gasteiger partial charge in [-0.2, -0.15) is 0 Å². The van der Waals surface area contributed by atoms with Gasteiger partial charge in [0.1, 0.15) is 0 Å². The van der Waals surface area contributed by atoms with Crippen LogP contribution in [-0.2, 0) is 14.3 Å². The van der Waals surface area contributed by atoms with E-state index in [0.717, 1.165) is 7.11 Å². The maximum atomic E-state index is 11.8. The van der Waals surface area contributed by atoms with E-state index < -0.39 is 24.3 Å². The van der Waals surface area contributed by atoms with Gasteiger partial charge in [-0.05, 0) is 12.1 Å². The number of hydrogen-bond donors (Lipinski definition) is 1. The third kappa shape index (κ3) is 3.97. The van der Waals surface area contributed by atoms with Crippen molar-refractivity contribution in [3.05, 3.63) is 30.1 Å². The molecule has 18 heavy (non-hydrogen) atoms. The first kappa shape index (κ1) is 13.8. The number of pyridine rings is 1.